The highest BCUT2D eigenvalue weighted by Gasteiger charge is 2.04. The van der Waals surface area contributed by atoms with Gasteiger partial charge in [0, 0.05) is 26.7 Å². The lowest BCUT2D eigenvalue weighted by atomic mass is 10.1. The van der Waals surface area contributed by atoms with Crippen molar-refractivity contribution < 1.29 is 9.47 Å². The van der Waals surface area contributed by atoms with Crippen LogP contribution in [0.1, 0.15) is 30.6 Å². The van der Waals surface area contributed by atoms with Crippen LogP contribution >= 0.6 is 24.0 Å². The Morgan fingerprint density at radius 2 is 1.79 bits per heavy atom. The summed E-state index contributed by atoms with van der Waals surface area (Å²) in [5.74, 6) is 1.70. The Kier molecular flexibility index (Phi) is 12.3. The molecule has 0 bridgehead atoms. The molecule has 0 aliphatic rings. The number of nitrogens with zero attached hydrogens (tertiary/aromatic N) is 1. The van der Waals surface area contributed by atoms with Crippen LogP contribution in [0, 0.1) is 0 Å². The van der Waals surface area contributed by atoms with Gasteiger partial charge in [-0.3, -0.25) is 4.99 Å². The lowest BCUT2D eigenvalue weighted by Gasteiger charge is -2.15. The highest BCUT2D eigenvalue weighted by Crippen LogP contribution is 2.15. The number of rotatable bonds is 10. The van der Waals surface area contributed by atoms with Gasteiger partial charge in [0.15, 0.2) is 5.96 Å². The van der Waals surface area contributed by atoms with Gasteiger partial charge in [0.1, 0.15) is 5.75 Å². The summed E-state index contributed by atoms with van der Waals surface area (Å²) in [4.78, 5) is 4.26. The van der Waals surface area contributed by atoms with E-state index in [9.17, 15) is 0 Å². The first-order valence-electron chi connectivity index (χ1n) is 9.47. The van der Waals surface area contributed by atoms with Crippen molar-refractivity contribution in [3.63, 3.8) is 0 Å². The SMILES string of the molecule is CN=C(NCCCOC(C)c1ccccc1)NCCc1cccc(OC)c1.I. The van der Waals surface area contributed by atoms with Gasteiger partial charge in [-0.1, -0.05) is 42.5 Å². The number of hydrogen-bond acceptors (Lipinski definition) is 3. The van der Waals surface area contributed by atoms with Crippen molar-refractivity contribution in [3.8, 4) is 5.75 Å². The topological polar surface area (TPSA) is 54.9 Å². The Labute approximate surface area is 186 Å². The monoisotopic (exact) mass is 497 g/mol. The maximum Gasteiger partial charge on any atom is 0.190 e. The predicted octanol–water partition coefficient (Wildman–Crippen LogP) is 4.19. The number of methoxy groups -OCH3 is 1. The molecule has 1 atom stereocenters. The molecule has 2 N–H and O–H groups in total. The molecule has 0 aromatic heterocycles. The summed E-state index contributed by atoms with van der Waals surface area (Å²) in [6, 6.07) is 18.4. The van der Waals surface area contributed by atoms with Gasteiger partial charge in [-0.2, -0.15) is 0 Å². The van der Waals surface area contributed by atoms with Crippen LogP contribution in [0.5, 0.6) is 5.75 Å². The molecule has 0 radical (unpaired) electrons. The van der Waals surface area contributed by atoms with Gasteiger partial charge in [-0.05, 0) is 43.0 Å². The summed E-state index contributed by atoms with van der Waals surface area (Å²) >= 11 is 0. The summed E-state index contributed by atoms with van der Waals surface area (Å²) in [5, 5.41) is 6.66. The molecule has 2 aromatic carbocycles. The molecule has 0 aliphatic heterocycles. The fraction of sp³-hybridized carbons (Fsp3) is 0.409. The average molecular weight is 497 g/mol. The molecular weight excluding hydrogens is 465 g/mol. The average Bonchev–Trinajstić information content (AvgIpc) is 2.72. The molecule has 0 aliphatic carbocycles. The zero-order chi connectivity index (χ0) is 19.3. The van der Waals surface area contributed by atoms with E-state index in [1.165, 1.54) is 11.1 Å². The summed E-state index contributed by atoms with van der Waals surface area (Å²) in [6.07, 6.45) is 1.95. The van der Waals surface area contributed by atoms with Gasteiger partial charge >= 0.3 is 0 Å². The lowest BCUT2D eigenvalue weighted by molar-refractivity contribution is 0.0646. The number of ether oxygens (including phenoxy) is 2. The van der Waals surface area contributed by atoms with E-state index in [1.54, 1.807) is 14.2 Å². The second kappa shape index (κ2) is 14.2. The summed E-state index contributed by atoms with van der Waals surface area (Å²) < 4.78 is 11.1. The van der Waals surface area contributed by atoms with Crippen molar-refractivity contribution in [2.75, 3.05) is 33.9 Å². The standard InChI is InChI=1S/C22H31N3O2.HI/c1-18(20-10-5-4-6-11-20)27-16-8-14-24-22(23-2)25-15-13-19-9-7-12-21(17-19)26-3;/h4-7,9-12,17-18H,8,13-16H2,1-3H3,(H2,23,24,25);1H. The third-order valence-electron chi connectivity index (χ3n) is 4.31. The molecule has 6 heteroatoms. The third-order valence-corrected chi connectivity index (χ3v) is 4.31. The van der Waals surface area contributed by atoms with E-state index in [1.807, 2.05) is 30.3 Å². The molecule has 154 valence electrons. The van der Waals surface area contributed by atoms with Gasteiger partial charge < -0.3 is 20.1 Å². The first kappa shape index (κ1) is 24.2. The van der Waals surface area contributed by atoms with Gasteiger partial charge in [0.05, 0.1) is 13.2 Å². The Morgan fingerprint density at radius 3 is 2.50 bits per heavy atom. The Bertz CT molecular complexity index is 695. The van der Waals surface area contributed by atoms with Crippen LogP contribution in [0.2, 0.25) is 0 Å². The zero-order valence-electron chi connectivity index (χ0n) is 17.0. The molecule has 5 nitrogen and oxygen atoms in total. The van der Waals surface area contributed by atoms with Crippen molar-refractivity contribution >= 4 is 29.9 Å². The maximum atomic E-state index is 5.89. The van der Waals surface area contributed by atoms with E-state index in [4.69, 9.17) is 9.47 Å². The largest absolute Gasteiger partial charge is 0.497 e. The molecule has 0 spiro atoms. The van der Waals surface area contributed by atoms with Crippen molar-refractivity contribution in [1.29, 1.82) is 0 Å². The van der Waals surface area contributed by atoms with Crippen LogP contribution in [0.3, 0.4) is 0 Å². The first-order valence-corrected chi connectivity index (χ1v) is 9.47. The molecule has 0 saturated heterocycles. The highest BCUT2D eigenvalue weighted by atomic mass is 127. The summed E-state index contributed by atoms with van der Waals surface area (Å²) in [5.41, 5.74) is 2.45. The van der Waals surface area contributed by atoms with E-state index >= 15 is 0 Å². The van der Waals surface area contributed by atoms with E-state index in [0.29, 0.717) is 6.61 Å². The number of nitrogens with one attached hydrogen (secondary N) is 2. The van der Waals surface area contributed by atoms with Gasteiger partial charge in [-0.15, -0.1) is 24.0 Å². The molecule has 2 rings (SSSR count). The fourth-order valence-electron chi connectivity index (χ4n) is 2.73. The smallest absolute Gasteiger partial charge is 0.190 e. The predicted molar refractivity (Wildman–Crippen MR) is 127 cm³/mol. The molecule has 1 unspecified atom stereocenters. The lowest BCUT2D eigenvalue weighted by Crippen LogP contribution is -2.39. The van der Waals surface area contributed by atoms with E-state index in [2.05, 4.69) is 46.8 Å². The fourth-order valence-corrected chi connectivity index (χ4v) is 2.73. The second-order valence-corrected chi connectivity index (χ2v) is 6.30. The number of aliphatic imine (C=N–C) groups is 1. The molecule has 0 heterocycles. The normalized spacial score (nSPS) is 12.0. The minimum absolute atomic E-state index is 0. The maximum absolute atomic E-state index is 5.89. The quantitative estimate of drug-likeness (QED) is 0.224. The van der Waals surface area contributed by atoms with Crippen LogP contribution in [0.25, 0.3) is 0 Å². The van der Waals surface area contributed by atoms with Crippen molar-refractivity contribution in [1.82, 2.24) is 10.6 Å². The minimum atomic E-state index is 0. The Morgan fingerprint density at radius 1 is 1.04 bits per heavy atom. The van der Waals surface area contributed by atoms with Crippen molar-refractivity contribution in [2.24, 2.45) is 4.99 Å². The molecular formula is C22H32IN3O2. The van der Waals surface area contributed by atoms with Crippen LogP contribution in [0.4, 0.5) is 0 Å². The highest BCUT2D eigenvalue weighted by molar-refractivity contribution is 14.0. The molecule has 0 amide bonds. The minimum Gasteiger partial charge on any atom is -0.497 e. The first-order chi connectivity index (χ1) is 13.2. The van der Waals surface area contributed by atoms with Crippen LogP contribution in [-0.2, 0) is 11.2 Å². The van der Waals surface area contributed by atoms with Crippen molar-refractivity contribution in [3.05, 3.63) is 65.7 Å². The van der Waals surface area contributed by atoms with Crippen LogP contribution in [-0.4, -0.2) is 39.8 Å². The number of hydrogen-bond donors (Lipinski definition) is 2. The van der Waals surface area contributed by atoms with Crippen molar-refractivity contribution in [2.45, 2.75) is 25.9 Å². The van der Waals surface area contributed by atoms with E-state index < -0.39 is 0 Å². The van der Waals surface area contributed by atoms with Gasteiger partial charge in [-0.25, -0.2) is 0 Å². The summed E-state index contributed by atoms with van der Waals surface area (Å²) in [7, 11) is 3.47. The molecule has 0 fully saturated rings. The second-order valence-electron chi connectivity index (χ2n) is 6.30. The summed E-state index contributed by atoms with van der Waals surface area (Å²) in [6.45, 7) is 4.43. The zero-order valence-corrected chi connectivity index (χ0v) is 19.3. The van der Waals surface area contributed by atoms with Gasteiger partial charge in [0.25, 0.3) is 0 Å². The number of benzene rings is 2. The number of halogens is 1. The van der Waals surface area contributed by atoms with Crippen LogP contribution in [0.15, 0.2) is 59.6 Å². The van der Waals surface area contributed by atoms with E-state index in [-0.39, 0.29) is 30.1 Å². The van der Waals surface area contributed by atoms with E-state index in [0.717, 1.165) is 37.6 Å². The molecule has 0 saturated carbocycles. The third kappa shape index (κ3) is 8.93. The molecule has 2 aromatic rings. The molecule has 28 heavy (non-hydrogen) atoms. The Balaban J connectivity index is 0.00000392. The van der Waals surface area contributed by atoms with Crippen LogP contribution < -0.4 is 15.4 Å². The Hall–Kier alpha value is -1.80. The number of guanidine groups is 1. The van der Waals surface area contributed by atoms with Gasteiger partial charge in [0.2, 0.25) is 0 Å².